The highest BCUT2D eigenvalue weighted by Crippen LogP contribution is 2.31. The van der Waals surface area contributed by atoms with Gasteiger partial charge in [0.05, 0.1) is 13.2 Å². The van der Waals surface area contributed by atoms with E-state index in [0.717, 1.165) is 27.8 Å². The average Bonchev–Trinajstić information content (AvgIpc) is 3.19. The zero-order chi connectivity index (χ0) is 24.0. The molecule has 2 aromatic carbocycles. The standard InChI is InChI=1S/C25H24N4O5.ClH/c1-13-19-11-17(30)5-2-14(19)3-7-20(13)29-8-9-34-22(25(29)33)21(31)24(32)28-16-4-6-18-15(10-16)12-27-23(18)26;/h2-7,10,21-22,31H,8-9,11-12H2,1H3,(H2,26,27)(H,28,32);1H/t21-,22-;/m1./s1. The van der Waals surface area contributed by atoms with Gasteiger partial charge in [0.2, 0.25) is 0 Å². The number of amidine groups is 1. The van der Waals surface area contributed by atoms with Gasteiger partial charge in [-0.2, -0.15) is 0 Å². The maximum Gasteiger partial charge on any atom is 0.259 e. The number of allylic oxidation sites excluding steroid dienone is 1. The summed E-state index contributed by atoms with van der Waals surface area (Å²) in [6.07, 6.45) is 0.548. The van der Waals surface area contributed by atoms with Crippen molar-refractivity contribution in [3.63, 3.8) is 0 Å². The minimum atomic E-state index is -1.70. The molecule has 0 spiro atoms. The van der Waals surface area contributed by atoms with Crippen LogP contribution >= 0.6 is 12.4 Å². The van der Waals surface area contributed by atoms with Gasteiger partial charge in [0.1, 0.15) is 5.84 Å². The van der Waals surface area contributed by atoms with Crippen LogP contribution in [0, 0.1) is 6.92 Å². The molecule has 4 N–H and O–H groups in total. The molecule has 9 nitrogen and oxygen atoms in total. The van der Waals surface area contributed by atoms with Crippen LogP contribution in [0.5, 0.6) is 0 Å². The SMILES string of the molecule is Cc1c(N2CCO[C@H]([C@@H](O)C(=O)Nc3ccc4c(c3)CN=C4N)C2=O)ccc2c1CC(=O)C=C2.Cl. The molecule has 1 saturated heterocycles. The number of amides is 2. The van der Waals surface area contributed by atoms with Crippen LogP contribution in [-0.4, -0.2) is 53.9 Å². The summed E-state index contributed by atoms with van der Waals surface area (Å²) in [6, 6.07) is 8.85. The molecule has 5 rings (SSSR count). The summed E-state index contributed by atoms with van der Waals surface area (Å²) in [5.74, 6) is -0.798. The number of carbonyl (C=O) groups is 3. The molecule has 2 heterocycles. The summed E-state index contributed by atoms with van der Waals surface area (Å²) in [4.78, 5) is 43.6. The number of aliphatic hydroxyl groups is 1. The minimum Gasteiger partial charge on any atom is -0.383 e. The lowest BCUT2D eigenvalue weighted by molar-refractivity contribution is -0.150. The first-order chi connectivity index (χ1) is 16.3. The van der Waals surface area contributed by atoms with E-state index < -0.39 is 24.0 Å². The first kappa shape index (κ1) is 24.6. The number of nitrogens with one attached hydrogen (secondary N) is 1. The van der Waals surface area contributed by atoms with Crippen molar-refractivity contribution in [2.45, 2.75) is 32.1 Å². The van der Waals surface area contributed by atoms with Crippen LogP contribution in [0.3, 0.4) is 0 Å². The number of ether oxygens (including phenoxy) is 1. The van der Waals surface area contributed by atoms with Gasteiger partial charge < -0.3 is 25.8 Å². The first-order valence-electron chi connectivity index (χ1n) is 11.0. The minimum absolute atomic E-state index is 0. The Morgan fingerprint density at radius 1 is 1.26 bits per heavy atom. The fourth-order valence-electron chi connectivity index (χ4n) is 4.60. The number of ketones is 1. The second-order valence-electron chi connectivity index (χ2n) is 8.54. The van der Waals surface area contributed by atoms with Gasteiger partial charge in [0.25, 0.3) is 11.8 Å². The molecule has 3 aliphatic rings. The molecule has 2 aromatic rings. The number of fused-ring (bicyclic) bond motifs is 2. The maximum absolute atomic E-state index is 13.2. The number of aliphatic hydroxyl groups excluding tert-OH is 1. The molecule has 1 aliphatic carbocycles. The van der Waals surface area contributed by atoms with Crippen LogP contribution in [0.2, 0.25) is 0 Å². The number of rotatable bonds is 4. The van der Waals surface area contributed by atoms with Crippen molar-refractivity contribution in [3.8, 4) is 0 Å². The number of nitrogens with zero attached hydrogens (tertiary/aromatic N) is 2. The first-order valence-corrected chi connectivity index (χ1v) is 11.0. The second-order valence-corrected chi connectivity index (χ2v) is 8.54. The third-order valence-electron chi connectivity index (χ3n) is 6.44. The molecule has 10 heteroatoms. The lowest BCUT2D eigenvalue weighted by atomic mass is 9.91. The highest BCUT2D eigenvalue weighted by molar-refractivity contribution is 6.06. The number of morpholine rings is 1. The van der Waals surface area contributed by atoms with Crippen molar-refractivity contribution in [2.75, 3.05) is 23.4 Å². The number of carbonyl (C=O) groups excluding carboxylic acids is 3. The largest absolute Gasteiger partial charge is 0.383 e. The quantitative estimate of drug-likeness (QED) is 0.587. The number of hydrogen-bond donors (Lipinski definition) is 3. The van der Waals surface area contributed by atoms with Gasteiger partial charge in [-0.3, -0.25) is 19.4 Å². The highest BCUT2D eigenvalue weighted by atomic mass is 35.5. The summed E-state index contributed by atoms with van der Waals surface area (Å²) in [5, 5.41) is 13.3. The van der Waals surface area contributed by atoms with Crippen LogP contribution in [0.15, 0.2) is 41.4 Å². The number of aliphatic imine (C=N–C) groups is 1. The van der Waals surface area contributed by atoms with E-state index in [4.69, 9.17) is 10.5 Å². The molecule has 0 radical (unpaired) electrons. The molecule has 1 fully saturated rings. The van der Waals surface area contributed by atoms with Crippen molar-refractivity contribution in [3.05, 3.63) is 64.2 Å². The Hall–Kier alpha value is -3.53. The van der Waals surface area contributed by atoms with Gasteiger partial charge in [-0.1, -0.05) is 12.1 Å². The number of hydrogen-bond acceptors (Lipinski definition) is 7. The van der Waals surface area contributed by atoms with Gasteiger partial charge in [-0.05, 0) is 59.5 Å². The number of anilines is 2. The smallest absolute Gasteiger partial charge is 0.259 e. The van der Waals surface area contributed by atoms with Crippen molar-refractivity contribution in [1.82, 2.24) is 0 Å². The third-order valence-corrected chi connectivity index (χ3v) is 6.44. The zero-order valence-electron chi connectivity index (χ0n) is 19.0. The third kappa shape index (κ3) is 4.45. The fourth-order valence-corrected chi connectivity index (χ4v) is 4.60. The molecule has 2 aliphatic heterocycles. The Bertz CT molecular complexity index is 1290. The molecule has 0 bridgehead atoms. The highest BCUT2D eigenvalue weighted by Gasteiger charge is 2.40. The van der Waals surface area contributed by atoms with Crippen LogP contribution in [0.1, 0.15) is 27.8 Å². The molecule has 35 heavy (non-hydrogen) atoms. The average molecular weight is 497 g/mol. The Morgan fingerprint density at radius 3 is 2.86 bits per heavy atom. The van der Waals surface area contributed by atoms with Crippen LogP contribution < -0.4 is 16.0 Å². The van der Waals surface area contributed by atoms with Gasteiger partial charge in [-0.25, -0.2) is 0 Å². The molecule has 0 aromatic heterocycles. The number of benzene rings is 2. The van der Waals surface area contributed by atoms with Gasteiger partial charge >= 0.3 is 0 Å². The summed E-state index contributed by atoms with van der Waals surface area (Å²) >= 11 is 0. The maximum atomic E-state index is 13.2. The number of halogens is 1. The molecular weight excluding hydrogens is 472 g/mol. The normalized spacial score (nSPS) is 19.4. The fraction of sp³-hybridized carbons (Fsp3) is 0.280. The molecular formula is C25H25ClN4O5. The monoisotopic (exact) mass is 496 g/mol. The van der Waals surface area contributed by atoms with Crippen LogP contribution in [0.25, 0.3) is 6.08 Å². The van der Waals surface area contributed by atoms with Gasteiger partial charge in [0, 0.05) is 29.9 Å². The molecule has 2 amide bonds. The lowest BCUT2D eigenvalue weighted by Gasteiger charge is -2.35. The van der Waals surface area contributed by atoms with E-state index in [-0.39, 0.29) is 37.8 Å². The van der Waals surface area contributed by atoms with Crippen LogP contribution in [-0.2, 0) is 32.1 Å². The summed E-state index contributed by atoms with van der Waals surface area (Å²) in [5.41, 5.74) is 11.3. The molecule has 0 unspecified atom stereocenters. The molecule has 2 atom stereocenters. The van der Waals surface area contributed by atoms with E-state index in [9.17, 15) is 19.5 Å². The zero-order valence-corrected chi connectivity index (χ0v) is 19.8. The Kier molecular flexibility index (Phi) is 6.75. The summed E-state index contributed by atoms with van der Waals surface area (Å²) < 4.78 is 5.52. The topological polar surface area (TPSA) is 134 Å². The van der Waals surface area contributed by atoms with Crippen LogP contribution in [0.4, 0.5) is 11.4 Å². The van der Waals surface area contributed by atoms with E-state index in [1.54, 1.807) is 30.4 Å². The van der Waals surface area contributed by atoms with Crippen molar-refractivity contribution >= 4 is 53.3 Å². The van der Waals surface area contributed by atoms with Crippen molar-refractivity contribution in [2.24, 2.45) is 10.7 Å². The van der Waals surface area contributed by atoms with Gasteiger partial charge in [-0.15, -0.1) is 12.4 Å². The Morgan fingerprint density at radius 2 is 2.06 bits per heavy atom. The van der Waals surface area contributed by atoms with E-state index in [0.29, 0.717) is 23.8 Å². The summed E-state index contributed by atoms with van der Waals surface area (Å²) in [6.45, 7) is 2.73. The Balaban J connectivity index is 0.00000289. The van der Waals surface area contributed by atoms with E-state index >= 15 is 0 Å². The van der Waals surface area contributed by atoms with E-state index in [2.05, 4.69) is 10.3 Å². The molecule has 0 saturated carbocycles. The Labute approximate surface area is 208 Å². The number of nitrogens with two attached hydrogens (primary N) is 1. The predicted octanol–water partition coefficient (Wildman–Crippen LogP) is 1.51. The van der Waals surface area contributed by atoms with Gasteiger partial charge in [0.15, 0.2) is 18.0 Å². The molecule has 182 valence electrons. The summed E-state index contributed by atoms with van der Waals surface area (Å²) in [7, 11) is 0. The van der Waals surface area contributed by atoms with Crippen molar-refractivity contribution in [1.29, 1.82) is 0 Å². The van der Waals surface area contributed by atoms with E-state index in [1.807, 2.05) is 19.1 Å². The van der Waals surface area contributed by atoms with Crippen molar-refractivity contribution < 1.29 is 24.2 Å². The second kappa shape index (κ2) is 9.61. The predicted molar refractivity (Wildman–Crippen MR) is 134 cm³/mol. The lowest BCUT2D eigenvalue weighted by Crippen LogP contribution is -2.55. The van der Waals surface area contributed by atoms with E-state index in [1.165, 1.54) is 4.90 Å².